The van der Waals surface area contributed by atoms with Crippen LogP contribution in [-0.4, -0.2) is 4.98 Å². The normalized spacial score (nSPS) is 10.4. The summed E-state index contributed by atoms with van der Waals surface area (Å²) in [7, 11) is 0. The molecule has 0 spiro atoms. The molecule has 3 nitrogen and oxygen atoms in total. The Labute approximate surface area is 115 Å². The summed E-state index contributed by atoms with van der Waals surface area (Å²) >= 11 is 9.06. The van der Waals surface area contributed by atoms with Gasteiger partial charge >= 0.3 is 0 Å². The van der Waals surface area contributed by atoms with Crippen LogP contribution in [0.5, 0.6) is 0 Å². The third kappa shape index (κ3) is 2.70. The minimum atomic E-state index is -0.893. The van der Waals surface area contributed by atoms with Crippen LogP contribution in [0.3, 0.4) is 0 Å². The van der Waals surface area contributed by atoms with E-state index in [9.17, 15) is 8.78 Å². The molecule has 1 aromatic heterocycles. The number of nitrogens with one attached hydrogen (secondary N) is 1. The highest BCUT2D eigenvalue weighted by Gasteiger charge is 2.10. The van der Waals surface area contributed by atoms with Crippen LogP contribution in [0.4, 0.5) is 26.1 Å². The lowest BCUT2D eigenvalue weighted by atomic mass is 10.3. The van der Waals surface area contributed by atoms with E-state index in [1.165, 1.54) is 0 Å². The fraction of sp³-hybridized carbons (Fsp3) is 0. The van der Waals surface area contributed by atoms with Crippen molar-refractivity contribution < 1.29 is 8.78 Å². The number of pyridine rings is 1. The molecule has 2 rings (SSSR count). The third-order valence-corrected chi connectivity index (χ3v) is 3.35. The minimum absolute atomic E-state index is 0.150. The second-order valence-electron chi connectivity index (χ2n) is 3.44. The van der Waals surface area contributed by atoms with Crippen molar-refractivity contribution in [1.29, 1.82) is 0 Å². The summed E-state index contributed by atoms with van der Waals surface area (Å²) < 4.78 is 27.0. The van der Waals surface area contributed by atoms with Crippen LogP contribution in [0.1, 0.15) is 0 Å². The van der Waals surface area contributed by atoms with E-state index in [2.05, 4.69) is 26.2 Å². The van der Waals surface area contributed by atoms with Crippen LogP contribution < -0.4 is 11.1 Å². The van der Waals surface area contributed by atoms with Crippen LogP contribution in [0.15, 0.2) is 28.7 Å². The summed E-state index contributed by atoms with van der Waals surface area (Å²) in [6, 6.07) is 5.57. The summed E-state index contributed by atoms with van der Waals surface area (Å²) in [5.41, 5.74) is 5.82. The standard InChI is InChI=1S/C11H7BrClF2N3/c12-6-3-5(1-2-7(6)13)17-11-9(15)4-8(14)10(16)18-11/h1-4H,(H3,16,17,18). The Morgan fingerprint density at radius 2 is 1.94 bits per heavy atom. The van der Waals surface area contributed by atoms with Crippen LogP contribution in [0, 0.1) is 11.6 Å². The molecule has 0 atom stereocenters. The summed E-state index contributed by atoms with van der Waals surface area (Å²) in [6.45, 7) is 0. The molecule has 0 unspecified atom stereocenters. The van der Waals surface area contributed by atoms with Gasteiger partial charge in [-0.25, -0.2) is 13.8 Å². The number of hydrogen-bond donors (Lipinski definition) is 2. The van der Waals surface area contributed by atoms with E-state index in [-0.39, 0.29) is 11.6 Å². The number of aromatic nitrogens is 1. The lowest BCUT2D eigenvalue weighted by Gasteiger charge is -2.08. The second kappa shape index (κ2) is 5.07. The first-order chi connectivity index (χ1) is 8.47. The molecule has 7 heteroatoms. The molecule has 18 heavy (non-hydrogen) atoms. The van der Waals surface area contributed by atoms with E-state index in [4.69, 9.17) is 17.3 Å². The van der Waals surface area contributed by atoms with Crippen molar-refractivity contribution in [3.63, 3.8) is 0 Å². The van der Waals surface area contributed by atoms with Gasteiger partial charge in [-0.05, 0) is 34.1 Å². The smallest absolute Gasteiger partial charge is 0.169 e. The number of rotatable bonds is 2. The Morgan fingerprint density at radius 1 is 1.22 bits per heavy atom. The van der Waals surface area contributed by atoms with Crippen molar-refractivity contribution in [3.8, 4) is 0 Å². The van der Waals surface area contributed by atoms with Gasteiger partial charge in [-0.2, -0.15) is 0 Å². The van der Waals surface area contributed by atoms with Crippen molar-refractivity contribution >= 4 is 44.9 Å². The maximum Gasteiger partial charge on any atom is 0.169 e. The first-order valence-electron chi connectivity index (χ1n) is 4.81. The van der Waals surface area contributed by atoms with E-state index in [1.807, 2.05) is 0 Å². The Morgan fingerprint density at radius 3 is 2.61 bits per heavy atom. The van der Waals surface area contributed by atoms with Gasteiger partial charge in [0, 0.05) is 16.2 Å². The molecule has 0 radical (unpaired) electrons. The number of hydrogen-bond acceptors (Lipinski definition) is 3. The zero-order chi connectivity index (χ0) is 13.3. The molecular formula is C11H7BrClF2N3. The minimum Gasteiger partial charge on any atom is -0.381 e. The summed E-state index contributed by atoms with van der Waals surface area (Å²) in [5, 5.41) is 3.21. The first kappa shape index (κ1) is 13.0. The molecule has 0 aliphatic carbocycles. The summed E-state index contributed by atoms with van der Waals surface area (Å²) in [4.78, 5) is 3.59. The lowest BCUT2D eigenvalue weighted by Crippen LogP contribution is -2.03. The molecule has 2 aromatic rings. The van der Waals surface area contributed by atoms with Crippen LogP contribution >= 0.6 is 27.5 Å². The quantitative estimate of drug-likeness (QED) is 0.869. The van der Waals surface area contributed by atoms with E-state index in [0.29, 0.717) is 21.2 Å². The molecule has 0 saturated carbocycles. The number of halogens is 4. The maximum atomic E-state index is 13.4. The molecule has 3 N–H and O–H groups in total. The Balaban J connectivity index is 2.34. The van der Waals surface area contributed by atoms with E-state index in [0.717, 1.165) is 0 Å². The molecule has 0 aliphatic heterocycles. The van der Waals surface area contributed by atoms with Gasteiger partial charge < -0.3 is 11.1 Å². The monoisotopic (exact) mass is 333 g/mol. The summed E-state index contributed by atoms with van der Waals surface area (Å²) in [5.74, 6) is -2.24. The molecule has 1 heterocycles. The van der Waals surface area contributed by atoms with Gasteiger partial charge in [0.05, 0.1) is 5.02 Å². The predicted molar refractivity (Wildman–Crippen MR) is 71.0 cm³/mol. The fourth-order valence-electron chi connectivity index (χ4n) is 1.28. The molecule has 0 saturated heterocycles. The van der Waals surface area contributed by atoms with Gasteiger partial charge in [-0.3, -0.25) is 0 Å². The van der Waals surface area contributed by atoms with Gasteiger partial charge in [-0.1, -0.05) is 11.6 Å². The Bertz CT molecular complexity index is 607. The largest absolute Gasteiger partial charge is 0.381 e. The van der Waals surface area contributed by atoms with Gasteiger partial charge in [0.2, 0.25) is 0 Å². The molecule has 1 aromatic carbocycles. The average Bonchev–Trinajstić information content (AvgIpc) is 2.31. The molecule has 0 bridgehead atoms. The summed E-state index contributed by atoms with van der Waals surface area (Å²) in [6.07, 6.45) is 0. The topological polar surface area (TPSA) is 50.9 Å². The third-order valence-electron chi connectivity index (χ3n) is 2.14. The number of benzene rings is 1. The molecule has 0 fully saturated rings. The SMILES string of the molecule is Nc1nc(Nc2ccc(Cl)c(Br)c2)c(F)cc1F. The Hall–Kier alpha value is -1.40. The molecular weight excluding hydrogens is 327 g/mol. The number of nitrogens with two attached hydrogens (primary N) is 1. The molecule has 94 valence electrons. The second-order valence-corrected chi connectivity index (χ2v) is 4.70. The highest BCUT2D eigenvalue weighted by Crippen LogP contribution is 2.28. The van der Waals surface area contributed by atoms with Gasteiger partial charge in [-0.15, -0.1) is 0 Å². The van der Waals surface area contributed by atoms with E-state index >= 15 is 0 Å². The average molecular weight is 335 g/mol. The van der Waals surface area contributed by atoms with E-state index in [1.54, 1.807) is 18.2 Å². The zero-order valence-corrected chi connectivity index (χ0v) is 11.2. The molecule has 0 aliphatic rings. The highest BCUT2D eigenvalue weighted by atomic mass is 79.9. The number of anilines is 3. The zero-order valence-electron chi connectivity index (χ0n) is 8.85. The van der Waals surface area contributed by atoms with Crippen LogP contribution in [0.25, 0.3) is 0 Å². The van der Waals surface area contributed by atoms with E-state index < -0.39 is 11.6 Å². The predicted octanol–water partition coefficient (Wildman–Crippen LogP) is 4.10. The molecule has 0 amide bonds. The van der Waals surface area contributed by atoms with Crippen LogP contribution in [-0.2, 0) is 0 Å². The first-order valence-corrected chi connectivity index (χ1v) is 5.98. The number of nitrogen functional groups attached to an aromatic ring is 1. The van der Waals surface area contributed by atoms with Gasteiger partial charge in [0.1, 0.15) is 0 Å². The van der Waals surface area contributed by atoms with Crippen molar-refractivity contribution in [3.05, 3.63) is 45.4 Å². The van der Waals surface area contributed by atoms with Crippen molar-refractivity contribution in [1.82, 2.24) is 4.98 Å². The van der Waals surface area contributed by atoms with Crippen molar-refractivity contribution in [2.45, 2.75) is 0 Å². The van der Waals surface area contributed by atoms with Crippen molar-refractivity contribution in [2.24, 2.45) is 0 Å². The Kier molecular flexibility index (Phi) is 3.68. The van der Waals surface area contributed by atoms with Gasteiger partial charge in [0.25, 0.3) is 0 Å². The maximum absolute atomic E-state index is 13.4. The van der Waals surface area contributed by atoms with Crippen molar-refractivity contribution in [2.75, 3.05) is 11.1 Å². The lowest BCUT2D eigenvalue weighted by molar-refractivity contribution is 0.581. The fourth-order valence-corrected chi connectivity index (χ4v) is 1.78. The van der Waals surface area contributed by atoms with Gasteiger partial charge in [0.15, 0.2) is 23.3 Å². The number of nitrogens with zero attached hydrogens (tertiary/aromatic N) is 1. The van der Waals surface area contributed by atoms with Crippen LogP contribution in [0.2, 0.25) is 5.02 Å². The highest BCUT2D eigenvalue weighted by molar-refractivity contribution is 9.10.